The molecule has 2 heterocycles. The van der Waals surface area contributed by atoms with Crippen LogP contribution in [0.25, 0.3) is 0 Å². The molecule has 0 saturated carbocycles. The van der Waals surface area contributed by atoms with E-state index >= 15 is 0 Å². The first-order valence-corrected chi connectivity index (χ1v) is 12.4. The number of hydrogen-bond donors (Lipinski definition) is 1. The van der Waals surface area contributed by atoms with Crippen LogP contribution in [-0.4, -0.2) is 32.2 Å². The number of rotatable bonds is 4. The van der Waals surface area contributed by atoms with Gasteiger partial charge in [-0.05, 0) is 47.1 Å². The molecular weight excluding hydrogens is 450 g/mol. The summed E-state index contributed by atoms with van der Waals surface area (Å²) in [7, 11) is 0. The van der Waals surface area contributed by atoms with Gasteiger partial charge in [0.05, 0.1) is 12.2 Å². The van der Waals surface area contributed by atoms with Crippen molar-refractivity contribution in [3.8, 4) is 5.75 Å². The number of nitrogens with zero attached hydrogens (tertiary/aromatic N) is 3. The molecule has 1 aliphatic heterocycles. The Labute approximate surface area is 209 Å². The van der Waals surface area contributed by atoms with Crippen molar-refractivity contribution in [3.05, 3.63) is 129 Å². The lowest BCUT2D eigenvalue weighted by Crippen LogP contribution is -2.45. The first-order valence-electron chi connectivity index (χ1n) is 12.4. The van der Waals surface area contributed by atoms with Crippen molar-refractivity contribution >= 4 is 5.91 Å². The van der Waals surface area contributed by atoms with Crippen LogP contribution in [0, 0.1) is 0 Å². The quantitative estimate of drug-likeness (QED) is 0.471. The standard InChI is InChI=1S/C30H27N3O3/c34-27-17-31-33-23(19-32(30(36)28(33)29(27)35)18-20-8-2-1-3-9-20)16-26-24-12-6-4-10-21(24)14-15-22-11-5-7-13-25(22)26/h1-13,17,23,26,35H,14-16,18-19H2/t23-/m0/s1. The van der Waals surface area contributed by atoms with Crippen molar-refractivity contribution in [2.24, 2.45) is 0 Å². The van der Waals surface area contributed by atoms with Crippen LogP contribution >= 0.6 is 0 Å². The van der Waals surface area contributed by atoms with Gasteiger partial charge in [0, 0.05) is 19.0 Å². The summed E-state index contributed by atoms with van der Waals surface area (Å²) in [5.41, 5.74) is 5.59. The van der Waals surface area contributed by atoms with E-state index in [-0.39, 0.29) is 23.6 Å². The molecule has 4 aromatic rings. The lowest BCUT2D eigenvalue weighted by atomic mass is 9.83. The van der Waals surface area contributed by atoms with Gasteiger partial charge in [0.2, 0.25) is 5.43 Å². The van der Waals surface area contributed by atoms with Gasteiger partial charge in [-0.3, -0.25) is 14.3 Å². The molecule has 1 aliphatic carbocycles. The van der Waals surface area contributed by atoms with E-state index in [0.717, 1.165) is 24.6 Å². The molecule has 6 nitrogen and oxygen atoms in total. The molecule has 0 bridgehead atoms. The Morgan fingerprint density at radius 3 is 2.11 bits per heavy atom. The van der Waals surface area contributed by atoms with Crippen LogP contribution in [0.4, 0.5) is 0 Å². The summed E-state index contributed by atoms with van der Waals surface area (Å²) < 4.78 is 1.58. The maximum absolute atomic E-state index is 13.4. The fourth-order valence-electron chi connectivity index (χ4n) is 5.78. The average molecular weight is 478 g/mol. The molecule has 0 radical (unpaired) electrons. The highest BCUT2D eigenvalue weighted by Gasteiger charge is 2.37. The zero-order valence-electron chi connectivity index (χ0n) is 19.9. The maximum Gasteiger partial charge on any atom is 0.276 e. The lowest BCUT2D eigenvalue weighted by Gasteiger charge is -2.37. The largest absolute Gasteiger partial charge is 0.502 e. The summed E-state index contributed by atoms with van der Waals surface area (Å²) in [6, 6.07) is 26.7. The van der Waals surface area contributed by atoms with E-state index in [2.05, 4.69) is 53.6 Å². The number of carbonyl (C=O) groups is 1. The molecule has 1 aromatic heterocycles. The summed E-state index contributed by atoms with van der Waals surface area (Å²) in [6.45, 7) is 0.841. The molecule has 1 amide bonds. The molecule has 3 aromatic carbocycles. The summed E-state index contributed by atoms with van der Waals surface area (Å²) in [5.74, 6) is -0.799. The second-order valence-electron chi connectivity index (χ2n) is 9.66. The minimum absolute atomic E-state index is 0.0233. The molecule has 0 spiro atoms. The molecule has 6 rings (SSSR count). The zero-order chi connectivity index (χ0) is 24.6. The van der Waals surface area contributed by atoms with E-state index in [1.807, 2.05) is 30.3 Å². The molecule has 180 valence electrons. The summed E-state index contributed by atoms with van der Waals surface area (Å²) >= 11 is 0. The summed E-state index contributed by atoms with van der Waals surface area (Å²) in [5, 5.41) is 15.0. The van der Waals surface area contributed by atoms with Crippen LogP contribution in [-0.2, 0) is 19.4 Å². The molecule has 1 N–H and O–H groups in total. The molecule has 36 heavy (non-hydrogen) atoms. The van der Waals surface area contributed by atoms with Gasteiger partial charge < -0.3 is 10.0 Å². The fourth-order valence-corrected chi connectivity index (χ4v) is 5.78. The maximum atomic E-state index is 13.4. The van der Waals surface area contributed by atoms with Crippen molar-refractivity contribution in [1.29, 1.82) is 0 Å². The van der Waals surface area contributed by atoms with E-state index in [0.29, 0.717) is 19.5 Å². The van der Waals surface area contributed by atoms with E-state index < -0.39 is 11.2 Å². The number of carbonyl (C=O) groups excluding carboxylic acids is 1. The third kappa shape index (κ3) is 3.88. The number of hydrogen-bond acceptors (Lipinski definition) is 4. The Hall–Kier alpha value is -4.19. The highest BCUT2D eigenvalue weighted by Crippen LogP contribution is 2.41. The van der Waals surface area contributed by atoms with E-state index in [9.17, 15) is 14.7 Å². The first kappa shape index (κ1) is 22.3. The van der Waals surface area contributed by atoms with Crippen LogP contribution in [0.1, 0.15) is 56.7 Å². The van der Waals surface area contributed by atoms with Gasteiger partial charge in [0.1, 0.15) is 0 Å². The fraction of sp³-hybridized carbons (Fsp3) is 0.233. The highest BCUT2D eigenvalue weighted by atomic mass is 16.3. The van der Waals surface area contributed by atoms with Gasteiger partial charge in [0.25, 0.3) is 5.91 Å². The van der Waals surface area contributed by atoms with Crippen LogP contribution in [0.2, 0.25) is 0 Å². The van der Waals surface area contributed by atoms with E-state index in [4.69, 9.17) is 0 Å². The molecule has 1 atom stereocenters. The predicted molar refractivity (Wildman–Crippen MR) is 137 cm³/mol. The van der Waals surface area contributed by atoms with Gasteiger partial charge in [-0.15, -0.1) is 0 Å². The molecule has 0 unspecified atom stereocenters. The number of amides is 1. The Bertz CT molecular complexity index is 1450. The minimum Gasteiger partial charge on any atom is -0.502 e. The predicted octanol–water partition coefficient (Wildman–Crippen LogP) is 4.47. The monoisotopic (exact) mass is 477 g/mol. The first-order chi connectivity index (χ1) is 17.6. The minimum atomic E-state index is -0.639. The molecule has 0 fully saturated rings. The Balaban J connectivity index is 1.45. The van der Waals surface area contributed by atoms with Crippen molar-refractivity contribution in [2.45, 2.75) is 37.8 Å². The van der Waals surface area contributed by atoms with Crippen molar-refractivity contribution in [2.75, 3.05) is 6.54 Å². The van der Waals surface area contributed by atoms with Crippen molar-refractivity contribution < 1.29 is 9.90 Å². The van der Waals surface area contributed by atoms with Gasteiger partial charge in [-0.1, -0.05) is 78.9 Å². The SMILES string of the molecule is O=C1c2c(O)c(=O)cnn2[C@@H](CC2c3ccccc3CCc3ccccc32)CN1Cc1ccccc1. The zero-order valence-corrected chi connectivity index (χ0v) is 19.9. The van der Waals surface area contributed by atoms with Crippen molar-refractivity contribution in [3.63, 3.8) is 0 Å². The van der Waals surface area contributed by atoms with Crippen LogP contribution in [0.5, 0.6) is 5.75 Å². The number of benzene rings is 3. The third-order valence-electron chi connectivity index (χ3n) is 7.50. The van der Waals surface area contributed by atoms with Gasteiger partial charge in [0.15, 0.2) is 11.4 Å². The van der Waals surface area contributed by atoms with Gasteiger partial charge in [-0.25, -0.2) is 0 Å². The summed E-state index contributed by atoms with van der Waals surface area (Å²) in [4.78, 5) is 27.5. The Morgan fingerprint density at radius 2 is 1.44 bits per heavy atom. The molecular formula is C30H27N3O3. The lowest BCUT2D eigenvalue weighted by molar-refractivity contribution is 0.0620. The van der Waals surface area contributed by atoms with Crippen molar-refractivity contribution in [1.82, 2.24) is 14.7 Å². The molecule has 2 aliphatic rings. The smallest absolute Gasteiger partial charge is 0.276 e. The number of aromatic nitrogens is 2. The third-order valence-corrected chi connectivity index (χ3v) is 7.50. The van der Waals surface area contributed by atoms with E-state index in [1.54, 1.807) is 9.58 Å². The topological polar surface area (TPSA) is 75.4 Å². The molecule has 6 heteroatoms. The van der Waals surface area contributed by atoms with Gasteiger partial charge >= 0.3 is 0 Å². The highest BCUT2D eigenvalue weighted by molar-refractivity contribution is 5.95. The second-order valence-corrected chi connectivity index (χ2v) is 9.66. The normalized spacial score (nSPS) is 17.2. The second kappa shape index (κ2) is 9.11. The van der Waals surface area contributed by atoms with Crippen LogP contribution in [0.15, 0.2) is 89.9 Å². The number of aromatic hydroxyl groups is 1. The number of aryl methyl sites for hydroxylation is 2. The van der Waals surface area contributed by atoms with Crippen LogP contribution < -0.4 is 5.43 Å². The Morgan fingerprint density at radius 1 is 0.833 bits per heavy atom. The van der Waals surface area contributed by atoms with Crippen LogP contribution in [0.3, 0.4) is 0 Å². The van der Waals surface area contributed by atoms with E-state index in [1.165, 1.54) is 22.3 Å². The number of fused-ring (bicyclic) bond motifs is 3. The van der Waals surface area contributed by atoms with Gasteiger partial charge in [-0.2, -0.15) is 5.10 Å². The summed E-state index contributed by atoms with van der Waals surface area (Å²) in [6.07, 6.45) is 3.76. The molecule has 0 saturated heterocycles. The average Bonchev–Trinajstić information content (AvgIpc) is 3.06. The Kier molecular flexibility index (Phi) is 5.64.